The summed E-state index contributed by atoms with van der Waals surface area (Å²) in [6, 6.07) is 9.66. The van der Waals surface area contributed by atoms with Crippen LogP contribution in [0.4, 0.5) is 0 Å². The SMILES string of the molecule is CCNC(CC(C)CC)c1cccc(CC(C)C)c1. The molecule has 0 spiro atoms. The molecule has 1 nitrogen and oxygen atoms in total. The first-order chi connectivity index (χ1) is 9.06. The molecule has 0 aromatic heterocycles. The summed E-state index contributed by atoms with van der Waals surface area (Å²) in [6.07, 6.45) is 3.67. The van der Waals surface area contributed by atoms with Crippen molar-refractivity contribution in [3.05, 3.63) is 35.4 Å². The summed E-state index contributed by atoms with van der Waals surface area (Å²) in [7, 11) is 0. The van der Waals surface area contributed by atoms with Gasteiger partial charge in [-0.1, -0.05) is 65.3 Å². The molecule has 0 bridgehead atoms. The van der Waals surface area contributed by atoms with Gasteiger partial charge in [-0.3, -0.25) is 0 Å². The van der Waals surface area contributed by atoms with Crippen molar-refractivity contribution >= 4 is 0 Å². The summed E-state index contributed by atoms with van der Waals surface area (Å²) >= 11 is 0. The molecule has 0 amide bonds. The zero-order valence-electron chi connectivity index (χ0n) is 13.4. The van der Waals surface area contributed by atoms with Crippen molar-refractivity contribution in [1.29, 1.82) is 0 Å². The fourth-order valence-electron chi connectivity index (χ4n) is 2.56. The molecule has 19 heavy (non-hydrogen) atoms. The molecule has 0 radical (unpaired) electrons. The highest BCUT2D eigenvalue weighted by Crippen LogP contribution is 2.24. The van der Waals surface area contributed by atoms with E-state index in [4.69, 9.17) is 0 Å². The predicted octanol–water partition coefficient (Wildman–Crippen LogP) is 4.97. The minimum atomic E-state index is 0.507. The molecule has 108 valence electrons. The standard InChI is InChI=1S/C18H31N/c1-6-15(5)12-18(19-7-2)17-10-8-9-16(13-17)11-14(3)4/h8-10,13-15,18-19H,6-7,11-12H2,1-5H3. The molecule has 1 aromatic carbocycles. The lowest BCUT2D eigenvalue weighted by Crippen LogP contribution is -2.23. The van der Waals surface area contributed by atoms with Crippen LogP contribution in [0.2, 0.25) is 0 Å². The van der Waals surface area contributed by atoms with Crippen molar-refractivity contribution in [2.75, 3.05) is 6.54 Å². The number of hydrogen-bond donors (Lipinski definition) is 1. The Bertz CT molecular complexity index is 356. The van der Waals surface area contributed by atoms with Gasteiger partial charge in [-0.15, -0.1) is 0 Å². The highest BCUT2D eigenvalue weighted by Gasteiger charge is 2.14. The second kappa shape index (κ2) is 8.37. The molecule has 0 aliphatic heterocycles. The van der Waals surface area contributed by atoms with E-state index in [2.05, 4.69) is 64.2 Å². The third kappa shape index (κ3) is 5.78. The van der Waals surface area contributed by atoms with Crippen LogP contribution in [0.25, 0.3) is 0 Å². The van der Waals surface area contributed by atoms with Crippen LogP contribution in [0.1, 0.15) is 64.6 Å². The van der Waals surface area contributed by atoms with E-state index in [0.29, 0.717) is 6.04 Å². The van der Waals surface area contributed by atoms with Crippen LogP contribution < -0.4 is 5.32 Å². The van der Waals surface area contributed by atoms with Crippen molar-refractivity contribution < 1.29 is 0 Å². The Kier molecular flexibility index (Phi) is 7.15. The monoisotopic (exact) mass is 261 g/mol. The Morgan fingerprint density at radius 2 is 1.84 bits per heavy atom. The summed E-state index contributed by atoms with van der Waals surface area (Å²) in [6.45, 7) is 12.4. The minimum absolute atomic E-state index is 0.507. The zero-order valence-corrected chi connectivity index (χ0v) is 13.4. The summed E-state index contributed by atoms with van der Waals surface area (Å²) in [5.41, 5.74) is 2.93. The normalized spacial score (nSPS) is 14.6. The molecule has 0 saturated carbocycles. The third-order valence-electron chi connectivity index (χ3n) is 3.78. The molecule has 2 atom stereocenters. The van der Waals surface area contributed by atoms with Crippen LogP contribution in [0, 0.1) is 11.8 Å². The van der Waals surface area contributed by atoms with Gasteiger partial charge in [-0.2, -0.15) is 0 Å². The van der Waals surface area contributed by atoms with Crippen LogP contribution in [-0.2, 0) is 6.42 Å². The number of rotatable bonds is 8. The largest absolute Gasteiger partial charge is 0.310 e. The molecular weight excluding hydrogens is 230 g/mol. The quantitative estimate of drug-likeness (QED) is 0.696. The van der Waals surface area contributed by atoms with E-state index in [1.807, 2.05) is 0 Å². The molecule has 1 aromatic rings. The third-order valence-corrected chi connectivity index (χ3v) is 3.78. The van der Waals surface area contributed by atoms with Gasteiger partial charge >= 0.3 is 0 Å². The second-order valence-electron chi connectivity index (χ2n) is 6.20. The van der Waals surface area contributed by atoms with Crippen molar-refractivity contribution in [3.8, 4) is 0 Å². The Morgan fingerprint density at radius 1 is 1.11 bits per heavy atom. The summed E-state index contributed by atoms with van der Waals surface area (Å²) < 4.78 is 0. The van der Waals surface area contributed by atoms with Gasteiger partial charge in [-0.05, 0) is 42.3 Å². The van der Waals surface area contributed by atoms with Crippen LogP contribution in [0.15, 0.2) is 24.3 Å². The summed E-state index contributed by atoms with van der Waals surface area (Å²) in [4.78, 5) is 0. The molecule has 0 fully saturated rings. The van der Waals surface area contributed by atoms with E-state index < -0.39 is 0 Å². The Balaban J connectivity index is 2.82. The van der Waals surface area contributed by atoms with Gasteiger partial charge < -0.3 is 5.32 Å². The van der Waals surface area contributed by atoms with Gasteiger partial charge in [0.1, 0.15) is 0 Å². The first-order valence-electron chi connectivity index (χ1n) is 7.89. The van der Waals surface area contributed by atoms with Crippen molar-refractivity contribution in [2.24, 2.45) is 11.8 Å². The molecule has 1 N–H and O–H groups in total. The Hall–Kier alpha value is -0.820. The van der Waals surface area contributed by atoms with E-state index in [1.54, 1.807) is 0 Å². The smallest absolute Gasteiger partial charge is 0.0322 e. The molecule has 1 rings (SSSR count). The number of benzene rings is 1. The van der Waals surface area contributed by atoms with E-state index in [1.165, 1.54) is 30.4 Å². The van der Waals surface area contributed by atoms with Gasteiger partial charge in [0.15, 0.2) is 0 Å². The fraction of sp³-hybridized carbons (Fsp3) is 0.667. The molecule has 2 unspecified atom stereocenters. The van der Waals surface area contributed by atoms with E-state index in [9.17, 15) is 0 Å². The topological polar surface area (TPSA) is 12.0 Å². The maximum atomic E-state index is 3.64. The van der Waals surface area contributed by atoms with Gasteiger partial charge in [0.25, 0.3) is 0 Å². The maximum Gasteiger partial charge on any atom is 0.0322 e. The maximum absolute atomic E-state index is 3.64. The van der Waals surface area contributed by atoms with Crippen LogP contribution in [0.5, 0.6) is 0 Å². The fourth-order valence-corrected chi connectivity index (χ4v) is 2.56. The van der Waals surface area contributed by atoms with Crippen molar-refractivity contribution in [2.45, 2.75) is 59.9 Å². The number of nitrogens with one attached hydrogen (secondary N) is 1. The summed E-state index contributed by atoms with van der Waals surface area (Å²) in [5, 5.41) is 3.64. The van der Waals surface area contributed by atoms with Gasteiger partial charge in [0, 0.05) is 6.04 Å². The predicted molar refractivity (Wildman–Crippen MR) is 85.5 cm³/mol. The van der Waals surface area contributed by atoms with Crippen molar-refractivity contribution in [3.63, 3.8) is 0 Å². The molecule has 0 heterocycles. The second-order valence-corrected chi connectivity index (χ2v) is 6.20. The van der Waals surface area contributed by atoms with Gasteiger partial charge in [0.05, 0.1) is 0 Å². The van der Waals surface area contributed by atoms with E-state index >= 15 is 0 Å². The van der Waals surface area contributed by atoms with Crippen LogP contribution in [-0.4, -0.2) is 6.54 Å². The average Bonchev–Trinajstić information content (AvgIpc) is 2.37. The van der Waals surface area contributed by atoms with E-state index in [0.717, 1.165) is 18.4 Å². The molecule has 0 aliphatic rings. The number of hydrogen-bond acceptors (Lipinski definition) is 1. The lowest BCUT2D eigenvalue weighted by molar-refractivity contribution is 0.408. The summed E-state index contributed by atoms with van der Waals surface area (Å²) in [5.74, 6) is 1.50. The van der Waals surface area contributed by atoms with Crippen LogP contribution in [0.3, 0.4) is 0 Å². The molecular formula is C18H31N. The highest BCUT2D eigenvalue weighted by atomic mass is 14.9. The first kappa shape index (κ1) is 16.2. The lowest BCUT2D eigenvalue weighted by Gasteiger charge is -2.22. The van der Waals surface area contributed by atoms with Gasteiger partial charge in [0.2, 0.25) is 0 Å². The van der Waals surface area contributed by atoms with E-state index in [-0.39, 0.29) is 0 Å². The minimum Gasteiger partial charge on any atom is -0.310 e. The van der Waals surface area contributed by atoms with Gasteiger partial charge in [-0.25, -0.2) is 0 Å². The average molecular weight is 261 g/mol. The highest BCUT2D eigenvalue weighted by molar-refractivity contribution is 5.26. The zero-order chi connectivity index (χ0) is 14.3. The molecule has 0 saturated heterocycles. The lowest BCUT2D eigenvalue weighted by atomic mass is 9.92. The first-order valence-corrected chi connectivity index (χ1v) is 7.89. The molecule has 1 heteroatoms. The molecule has 0 aliphatic carbocycles. The Labute approximate surface area is 119 Å². The Morgan fingerprint density at radius 3 is 2.42 bits per heavy atom. The van der Waals surface area contributed by atoms with Crippen molar-refractivity contribution in [1.82, 2.24) is 5.32 Å². The van der Waals surface area contributed by atoms with Crippen LogP contribution >= 0.6 is 0 Å².